The molecule has 0 radical (unpaired) electrons. The first-order valence-electron chi connectivity index (χ1n) is 5.97. The van der Waals surface area contributed by atoms with Gasteiger partial charge in [-0.2, -0.15) is 0 Å². The molecule has 5 nitrogen and oxygen atoms in total. The maximum Gasteiger partial charge on any atom is 0.203 e. The normalized spacial score (nSPS) is 12.3. The van der Waals surface area contributed by atoms with Crippen LogP contribution in [0.1, 0.15) is 35.4 Å². The van der Waals surface area contributed by atoms with Gasteiger partial charge in [0.05, 0.1) is 12.2 Å². The average Bonchev–Trinajstić information content (AvgIpc) is 2.87. The maximum atomic E-state index is 12.3. The highest BCUT2D eigenvalue weighted by atomic mass is 16.1. The number of rotatable bonds is 5. The molecule has 2 aromatic rings. The molecule has 0 spiro atoms. The lowest BCUT2D eigenvalue weighted by Gasteiger charge is -2.11. The molecule has 0 saturated heterocycles. The zero-order valence-electron chi connectivity index (χ0n) is 10.3. The van der Waals surface area contributed by atoms with Gasteiger partial charge in [0.25, 0.3) is 0 Å². The molecule has 18 heavy (non-hydrogen) atoms. The Balaban J connectivity index is 2.23. The van der Waals surface area contributed by atoms with Crippen molar-refractivity contribution in [3.63, 3.8) is 0 Å². The standard InChI is InChI=1S/C13H16N4O/c1-2-8-17-11(9-15-16-17)13(18)12(14)10-6-4-3-5-7-10/h3-7,9,12H,2,8,14H2,1H3/t12-/m1/s1. The zero-order chi connectivity index (χ0) is 13.0. The van der Waals surface area contributed by atoms with Gasteiger partial charge in [0.1, 0.15) is 5.69 Å². The van der Waals surface area contributed by atoms with Crippen LogP contribution in [0.2, 0.25) is 0 Å². The summed E-state index contributed by atoms with van der Waals surface area (Å²) in [6.07, 6.45) is 2.37. The number of aromatic nitrogens is 3. The molecule has 0 amide bonds. The Morgan fingerprint density at radius 1 is 1.39 bits per heavy atom. The SMILES string of the molecule is CCCn1nncc1C(=O)[C@H](N)c1ccccc1. The number of hydrogen-bond acceptors (Lipinski definition) is 4. The number of nitrogens with two attached hydrogens (primary N) is 1. The smallest absolute Gasteiger partial charge is 0.203 e. The lowest BCUT2D eigenvalue weighted by molar-refractivity contribution is 0.0950. The Morgan fingerprint density at radius 3 is 2.78 bits per heavy atom. The lowest BCUT2D eigenvalue weighted by Crippen LogP contribution is -2.24. The van der Waals surface area contributed by atoms with E-state index in [9.17, 15) is 4.79 Å². The van der Waals surface area contributed by atoms with Gasteiger partial charge in [-0.1, -0.05) is 42.5 Å². The number of carbonyl (C=O) groups is 1. The fourth-order valence-corrected chi connectivity index (χ4v) is 1.80. The number of nitrogens with zero attached hydrogens (tertiary/aromatic N) is 3. The second-order valence-corrected chi connectivity index (χ2v) is 4.09. The van der Waals surface area contributed by atoms with Crippen LogP contribution >= 0.6 is 0 Å². The largest absolute Gasteiger partial charge is 0.317 e. The van der Waals surface area contributed by atoms with E-state index >= 15 is 0 Å². The molecule has 2 rings (SSSR count). The van der Waals surface area contributed by atoms with E-state index in [0.717, 1.165) is 12.0 Å². The summed E-state index contributed by atoms with van der Waals surface area (Å²) in [5, 5.41) is 7.67. The summed E-state index contributed by atoms with van der Waals surface area (Å²) < 4.78 is 1.60. The molecule has 2 N–H and O–H groups in total. The van der Waals surface area contributed by atoms with E-state index in [1.165, 1.54) is 6.20 Å². The summed E-state index contributed by atoms with van der Waals surface area (Å²) >= 11 is 0. The van der Waals surface area contributed by atoms with Crippen LogP contribution in [0, 0.1) is 0 Å². The number of aryl methyl sites for hydroxylation is 1. The first kappa shape index (κ1) is 12.4. The highest BCUT2D eigenvalue weighted by Crippen LogP contribution is 2.15. The van der Waals surface area contributed by atoms with Gasteiger partial charge in [-0.3, -0.25) is 4.79 Å². The third-order valence-corrected chi connectivity index (χ3v) is 2.75. The first-order chi connectivity index (χ1) is 8.74. The molecule has 5 heteroatoms. The van der Waals surface area contributed by atoms with Gasteiger partial charge < -0.3 is 5.73 Å². The van der Waals surface area contributed by atoms with E-state index in [-0.39, 0.29) is 5.78 Å². The lowest BCUT2D eigenvalue weighted by atomic mass is 10.0. The van der Waals surface area contributed by atoms with E-state index in [1.54, 1.807) is 4.68 Å². The number of ketones is 1. The molecule has 0 fully saturated rings. The molecule has 0 bridgehead atoms. The minimum absolute atomic E-state index is 0.153. The van der Waals surface area contributed by atoms with Crippen molar-refractivity contribution in [2.24, 2.45) is 5.73 Å². The first-order valence-corrected chi connectivity index (χ1v) is 5.97. The quantitative estimate of drug-likeness (QED) is 0.810. The molecular formula is C13H16N4O. The third-order valence-electron chi connectivity index (χ3n) is 2.75. The van der Waals surface area contributed by atoms with Crippen LogP contribution in [0.4, 0.5) is 0 Å². The average molecular weight is 244 g/mol. The summed E-state index contributed by atoms with van der Waals surface area (Å²) in [5.41, 5.74) is 7.24. The highest BCUT2D eigenvalue weighted by molar-refractivity contribution is 5.98. The van der Waals surface area contributed by atoms with Crippen molar-refractivity contribution >= 4 is 5.78 Å². The van der Waals surface area contributed by atoms with Crippen molar-refractivity contribution in [2.75, 3.05) is 0 Å². The summed E-state index contributed by atoms with van der Waals surface area (Å²) in [6, 6.07) is 8.64. The van der Waals surface area contributed by atoms with Crippen LogP contribution in [-0.2, 0) is 6.54 Å². The molecular weight excluding hydrogens is 228 g/mol. The second kappa shape index (κ2) is 5.55. The molecule has 94 valence electrons. The molecule has 1 atom stereocenters. The van der Waals surface area contributed by atoms with Gasteiger partial charge >= 0.3 is 0 Å². The Morgan fingerprint density at radius 2 is 2.11 bits per heavy atom. The Hall–Kier alpha value is -2.01. The molecule has 1 aromatic heterocycles. The van der Waals surface area contributed by atoms with Crippen LogP contribution in [-0.4, -0.2) is 20.8 Å². The molecule has 0 saturated carbocycles. The minimum atomic E-state index is -0.666. The molecule has 0 unspecified atom stereocenters. The van der Waals surface area contributed by atoms with Crippen LogP contribution < -0.4 is 5.73 Å². The topological polar surface area (TPSA) is 73.8 Å². The van der Waals surface area contributed by atoms with Gasteiger partial charge in [0.2, 0.25) is 5.78 Å². The molecule has 1 aromatic carbocycles. The summed E-state index contributed by atoms with van der Waals surface area (Å²) in [7, 11) is 0. The second-order valence-electron chi connectivity index (χ2n) is 4.09. The summed E-state index contributed by atoms with van der Waals surface area (Å²) in [4.78, 5) is 12.3. The van der Waals surface area contributed by atoms with Gasteiger partial charge in [-0.25, -0.2) is 4.68 Å². The third kappa shape index (κ3) is 2.46. The fraction of sp³-hybridized carbons (Fsp3) is 0.308. The van der Waals surface area contributed by atoms with Crippen molar-refractivity contribution in [1.29, 1.82) is 0 Å². The monoisotopic (exact) mass is 244 g/mol. The van der Waals surface area contributed by atoms with Gasteiger partial charge in [0.15, 0.2) is 0 Å². The zero-order valence-corrected chi connectivity index (χ0v) is 10.3. The fourth-order valence-electron chi connectivity index (χ4n) is 1.80. The van der Waals surface area contributed by atoms with E-state index in [0.29, 0.717) is 12.2 Å². The van der Waals surface area contributed by atoms with Crippen molar-refractivity contribution in [1.82, 2.24) is 15.0 Å². The Bertz CT molecular complexity index is 521. The van der Waals surface area contributed by atoms with E-state index < -0.39 is 6.04 Å². The van der Waals surface area contributed by atoms with Crippen molar-refractivity contribution in [3.05, 3.63) is 47.8 Å². The van der Waals surface area contributed by atoms with Crippen molar-refractivity contribution in [2.45, 2.75) is 25.9 Å². The predicted molar refractivity (Wildman–Crippen MR) is 68.0 cm³/mol. The molecule has 0 aliphatic heterocycles. The molecule has 1 heterocycles. The van der Waals surface area contributed by atoms with Gasteiger partial charge in [0, 0.05) is 6.54 Å². The van der Waals surface area contributed by atoms with Crippen LogP contribution in [0.15, 0.2) is 36.5 Å². The Labute approximate surface area is 106 Å². The summed E-state index contributed by atoms with van der Waals surface area (Å²) in [5.74, 6) is -0.153. The minimum Gasteiger partial charge on any atom is -0.317 e. The number of Topliss-reactive ketones (excluding diaryl/α,β-unsaturated/α-hetero) is 1. The highest BCUT2D eigenvalue weighted by Gasteiger charge is 2.21. The van der Waals surface area contributed by atoms with Crippen molar-refractivity contribution in [3.8, 4) is 0 Å². The van der Waals surface area contributed by atoms with E-state index in [4.69, 9.17) is 5.73 Å². The Kier molecular flexibility index (Phi) is 3.84. The van der Waals surface area contributed by atoms with Gasteiger partial charge in [-0.05, 0) is 12.0 Å². The molecule has 0 aliphatic carbocycles. The number of hydrogen-bond donors (Lipinski definition) is 1. The maximum absolute atomic E-state index is 12.3. The number of carbonyl (C=O) groups excluding carboxylic acids is 1. The molecule has 0 aliphatic rings. The van der Waals surface area contributed by atoms with E-state index in [2.05, 4.69) is 10.3 Å². The van der Waals surface area contributed by atoms with E-state index in [1.807, 2.05) is 37.3 Å². The predicted octanol–water partition coefficient (Wildman–Crippen LogP) is 1.57. The van der Waals surface area contributed by atoms with Crippen molar-refractivity contribution < 1.29 is 4.79 Å². The number of benzene rings is 1. The van der Waals surface area contributed by atoms with Crippen LogP contribution in [0.25, 0.3) is 0 Å². The van der Waals surface area contributed by atoms with Crippen LogP contribution in [0.5, 0.6) is 0 Å². The van der Waals surface area contributed by atoms with Crippen LogP contribution in [0.3, 0.4) is 0 Å². The summed E-state index contributed by atoms with van der Waals surface area (Å²) in [6.45, 7) is 2.69. The van der Waals surface area contributed by atoms with Gasteiger partial charge in [-0.15, -0.1) is 5.10 Å².